The molecule has 0 saturated heterocycles. The van der Waals surface area contributed by atoms with E-state index in [0.29, 0.717) is 5.56 Å². The van der Waals surface area contributed by atoms with Crippen LogP contribution in [-0.4, -0.2) is 46.2 Å². The zero-order valence-corrected chi connectivity index (χ0v) is 17.9. The van der Waals surface area contributed by atoms with E-state index < -0.39 is 35.9 Å². The summed E-state index contributed by atoms with van der Waals surface area (Å²) in [6.07, 6.45) is 0.00390. The van der Waals surface area contributed by atoms with Crippen LogP contribution in [0.2, 0.25) is 0 Å². The summed E-state index contributed by atoms with van der Waals surface area (Å²) in [7, 11) is 0. The van der Waals surface area contributed by atoms with Gasteiger partial charge in [0.2, 0.25) is 5.91 Å². The van der Waals surface area contributed by atoms with Gasteiger partial charge in [0, 0.05) is 5.56 Å². The summed E-state index contributed by atoms with van der Waals surface area (Å²) in [6, 6.07) is 13.0. The third-order valence-corrected chi connectivity index (χ3v) is 5.05. The van der Waals surface area contributed by atoms with E-state index in [1.807, 2.05) is 24.3 Å². The van der Waals surface area contributed by atoms with Gasteiger partial charge in [0.05, 0.1) is 6.10 Å². The van der Waals surface area contributed by atoms with Crippen LogP contribution in [0.5, 0.6) is 0 Å². The summed E-state index contributed by atoms with van der Waals surface area (Å²) < 4.78 is 0. The molecule has 3 atom stereocenters. The minimum Gasteiger partial charge on any atom is -0.391 e. The molecule has 0 unspecified atom stereocenters. The van der Waals surface area contributed by atoms with Crippen LogP contribution in [0.15, 0.2) is 48.5 Å². The molecule has 0 saturated carbocycles. The van der Waals surface area contributed by atoms with E-state index in [1.54, 1.807) is 19.1 Å². The first-order valence-electron chi connectivity index (χ1n) is 10.2. The number of hydrogen-bond donors (Lipinski definition) is 5. The molecule has 3 amide bonds. The highest BCUT2D eigenvalue weighted by Crippen LogP contribution is 2.20. The molecular weight excluding hydrogens is 398 g/mol. The number of aliphatic hydroxyl groups excluding tert-OH is 1. The summed E-state index contributed by atoms with van der Waals surface area (Å²) >= 11 is 0. The molecule has 8 nitrogen and oxygen atoms in total. The second kappa shape index (κ2) is 11.2. The lowest BCUT2D eigenvalue weighted by atomic mass is 10.0. The highest BCUT2D eigenvalue weighted by atomic mass is 16.5. The minimum absolute atomic E-state index is 0.271. The summed E-state index contributed by atoms with van der Waals surface area (Å²) in [6.45, 7) is 5.10. The number of benzene rings is 2. The summed E-state index contributed by atoms with van der Waals surface area (Å²) in [5.41, 5.74) is 5.05. The monoisotopic (exact) mass is 427 g/mol. The van der Waals surface area contributed by atoms with Crippen LogP contribution in [-0.2, 0) is 16.0 Å². The fraction of sp³-hybridized carbons (Fsp3) is 0.348. The van der Waals surface area contributed by atoms with Crippen LogP contribution in [0.4, 0.5) is 0 Å². The van der Waals surface area contributed by atoms with Gasteiger partial charge in [-0.25, -0.2) is 5.48 Å². The normalized spacial score (nSPS) is 13.6. The number of hydroxylamine groups is 1. The standard InChI is InChI=1S/C23H29N3O5/c1-4-15-6-8-16(9-7-15)17-10-12-18(13-11-17)21(28)24-19(5-2)22(29)25-20(14(3)27)23(30)26-31/h6-14,19-20,27,31H,4-5H2,1-3H3,(H,24,28)(H,25,29)(H,26,30)/t14-,19+,20+/m1/s1. The molecule has 0 bridgehead atoms. The molecule has 0 radical (unpaired) electrons. The second-order valence-corrected chi connectivity index (χ2v) is 7.27. The van der Waals surface area contributed by atoms with Crippen molar-refractivity contribution in [1.29, 1.82) is 0 Å². The van der Waals surface area contributed by atoms with Gasteiger partial charge < -0.3 is 15.7 Å². The molecule has 0 aliphatic rings. The number of carbonyl (C=O) groups is 3. The van der Waals surface area contributed by atoms with E-state index in [4.69, 9.17) is 5.21 Å². The highest BCUT2D eigenvalue weighted by molar-refractivity contribution is 5.98. The third kappa shape index (κ3) is 6.37. The van der Waals surface area contributed by atoms with Crippen molar-refractivity contribution in [2.45, 2.75) is 51.8 Å². The van der Waals surface area contributed by atoms with Crippen molar-refractivity contribution in [2.24, 2.45) is 0 Å². The fourth-order valence-electron chi connectivity index (χ4n) is 3.07. The Hall–Kier alpha value is -3.23. The van der Waals surface area contributed by atoms with E-state index in [0.717, 1.165) is 17.5 Å². The van der Waals surface area contributed by atoms with E-state index >= 15 is 0 Å². The molecule has 31 heavy (non-hydrogen) atoms. The maximum absolute atomic E-state index is 12.6. The minimum atomic E-state index is -1.35. The van der Waals surface area contributed by atoms with Crippen LogP contribution < -0.4 is 16.1 Å². The zero-order chi connectivity index (χ0) is 23.0. The predicted octanol–water partition coefficient (Wildman–Crippen LogP) is 1.80. The molecule has 2 aromatic carbocycles. The average Bonchev–Trinajstić information content (AvgIpc) is 2.80. The van der Waals surface area contributed by atoms with E-state index in [2.05, 4.69) is 29.7 Å². The Kier molecular flexibility index (Phi) is 8.72. The Balaban J connectivity index is 2.06. The molecule has 2 aromatic rings. The number of amides is 3. The van der Waals surface area contributed by atoms with Gasteiger partial charge in [-0.05, 0) is 48.6 Å². The van der Waals surface area contributed by atoms with Crippen LogP contribution >= 0.6 is 0 Å². The van der Waals surface area contributed by atoms with Crippen molar-refractivity contribution in [2.75, 3.05) is 0 Å². The Morgan fingerprint density at radius 3 is 1.87 bits per heavy atom. The fourth-order valence-corrected chi connectivity index (χ4v) is 3.07. The van der Waals surface area contributed by atoms with Crippen LogP contribution in [0, 0.1) is 0 Å². The zero-order valence-electron chi connectivity index (χ0n) is 17.9. The van der Waals surface area contributed by atoms with Crippen molar-refractivity contribution in [1.82, 2.24) is 16.1 Å². The predicted molar refractivity (Wildman–Crippen MR) is 116 cm³/mol. The number of aliphatic hydroxyl groups is 1. The molecular formula is C23H29N3O5. The van der Waals surface area contributed by atoms with Crippen molar-refractivity contribution < 1.29 is 24.7 Å². The highest BCUT2D eigenvalue weighted by Gasteiger charge is 2.29. The first kappa shape index (κ1) is 24.0. The summed E-state index contributed by atoms with van der Waals surface area (Å²) in [4.78, 5) is 36.7. The largest absolute Gasteiger partial charge is 0.391 e. The molecule has 2 rings (SSSR count). The lowest BCUT2D eigenvalue weighted by Gasteiger charge is -2.23. The maximum Gasteiger partial charge on any atom is 0.268 e. The molecule has 0 fully saturated rings. The first-order chi connectivity index (χ1) is 14.8. The Labute approximate surface area is 181 Å². The van der Waals surface area contributed by atoms with Crippen LogP contribution in [0.25, 0.3) is 11.1 Å². The topological polar surface area (TPSA) is 128 Å². The Bertz CT molecular complexity index is 894. The van der Waals surface area contributed by atoms with Crippen molar-refractivity contribution in [3.05, 3.63) is 59.7 Å². The van der Waals surface area contributed by atoms with Gasteiger partial charge in [-0.1, -0.05) is 50.2 Å². The molecule has 0 heterocycles. The quantitative estimate of drug-likeness (QED) is 0.308. The SMILES string of the molecule is CCc1ccc(-c2ccc(C(=O)N[C@@H](CC)C(=O)N[C@H](C(=O)NO)[C@@H](C)O)cc2)cc1. The number of carbonyl (C=O) groups excluding carboxylic acids is 3. The number of rotatable bonds is 9. The van der Waals surface area contributed by atoms with Gasteiger partial charge in [0.15, 0.2) is 0 Å². The van der Waals surface area contributed by atoms with Crippen LogP contribution in [0.3, 0.4) is 0 Å². The third-order valence-electron chi connectivity index (χ3n) is 5.05. The van der Waals surface area contributed by atoms with Crippen molar-refractivity contribution in [3.8, 4) is 11.1 Å². The van der Waals surface area contributed by atoms with Crippen LogP contribution in [0.1, 0.15) is 43.1 Å². The average molecular weight is 428 g/mol. The number of hydrogen-bond acceptors (Lipinski definition) is 5. The second-order valence-electron chi connectivity index (χ2n) is 7.27. The van der Waals surface area contributed by atoms with Crippen molar-refractivity contribution in [3.63, 3.8) is 0 Å². The smallest absolute Gasteiger partial charge is 0.268 e. The molecule has 0 aliphatic carbocycles. The maximum atomic E-state index is 12.6. The number of aryl methyl sites for hydroxylation is 1. The van der Waals surface area contributed by atoms with Gasteiger partial charge in [0.1, 0.15) is 12.1 Å². The van der Waals surface area contributed by atoms with Gasteiger partial charge in [0.25, 0.3) is 11.8 Å². The summed E-state index contributed by atoms with van der Waals surface area (Å²) in [5, 5.41) is 23.4. The van der Waals surface area contributed by atoms with Crippen molar-refractivity contribution >= 4 is 17.7 Å². The molecule has 166 valence electrons. The molecule has 0 spiro atoms. The molecule has 8 heteroatoms. The van der Waals surface area contributed by atoms with Gasteiger partial charge >= 0.3 is 0 Å². The molecule has 5 N–H and O–H groups in total. The molecule has 0 aromatic heterocycles. The van der Waals surface area contributed by atoms with E-state index in [-0.39, 0.29) is 6.42 Å². The Morgan fingerprint density at radius 1 is 0.871 bits per heavy atom. The van der Waals surface area contributed by atoms with Gasteiger partial charge in [-0.2, -0.15) is 0 Å². The van der Waals surface area contributed by atoms with Gasteiger partial charge in [-0.15, -0.1) is 0 Å². The van der Waals surface area contributed by atoms with E-state index in [9.17, 15) is 19.5 Å². The summed E-state index contributed by atoms with van der Waals surface area (Å²) in [5.74, 6) is -2.03. The lowest BCUT2D eigenvalue weighted by molar-refractivity contribution is -0.138. The first-order valence-corrected chi connectivity index (χ1v) is 10.2. The van der Waals surface area contributed by atoms with E-state index in [1.165, 1.54) is 18.0 Å². The van der Waals surface area contributed by atoms with Gasteiger partial charge in [-0.3, -0.25) is 19.6 Å². The molecule has 0 aliphatic heterocycles. The Morgan fingerprint density at radius 2 is 1.42 bits per heavy atom. The lowest BCUT2D eigenvalue weighted by Crippen LogP contribution is -2.56. The number of nitrogens with one attached hydrogen (secondary N) is 3.